The van der Waals surface area contributed by atoms with Crippen LogP contribution < -0.4 is 0 Å². The maximum Gasteiger partial charge on any atom is 0.00954 e. The van der Waals surface area contributed by atoms with Crippen molar-refractivity contribution < 1.29 is 0 Å². The van der Waals surface area contributed by atoms with E-state index in [0.29, 0.717) is 0 Å². The first-order valence-corrected chi connectivity index (χ1v) is 5.55. The van der Waals surface area contributed by atoms with Crippen molar-refractivity contribution in [3.63, 3.8) is 0 Å². The van der Waals surface area contributed by atoms with Gasteiger partial charge in [0.2, 0.25) is 0 Å². The predicted octanol–water partition coefficient (Wildman–Crippen LogP) is 3.05. The standard InChI is InChI=1S/C11H23N/c1-4-10(3)12-9-7-6-8-11(12)5-2/h10-11H,4-9H2,1-3H3. The number of hydrogen-bond acceptors (Lipinski definition) is 1. The van der Waals surface area contributed by atoms with E-state index in [1.165, 1.54) is 38.6 Å². The first-order chi connectivity index (χ1) is 5.79. The third kappa shape index (κ3) is 2.22. The largest absolute Gasteiger partial charge is 0.298 e. The van der Waals surface area contributed by atoms with E-state index in [4.69, 9.17) is 0 Å². The van der Waals surface area contributed by atoms with Gasteiger partial charge >= 0.3 is 0 Å². The normalized spacial score (nSPS) is 28.8. The summed E-state index contributed by atoms with van der Waals surface area (Å²) in [7, 11) is 0. The molecule has 2 atom stereocenters. The Morgan fingerprint density at radius 3 is 2.67 bits per heavy atom. The molecule has 0 bridgehead atoms. The monoisotopic (exact) mass is 169 g/mol. The first-order valence-electron chi connectivity index (χ1n) is 5.55. The lowest BCUT2D eigenvalue weighted by atomic mass is 9.97. The van der Waals surface area contributed by atoms with Gasteiger partial charge in [0.1, 0.15) is 0 Å². The summed E-state index contributed by atoms with van der Waals surface area (Å²) in [6.07, 6.45) is 6.94. The van der Waals surface area contributed by atoms with Crippen LogP contribution in [0, 0.1) is 0 Å². The number of hydrogen-bond donors (Lipinski definition) is 0. The molecule has 0 spiro atoms. The summed E-state index contributed by atoms with van der Waals surface area (Å²) in [4.78, 5) is 2.71. The van der Waals surface area contributed by atoms with Crippen LogP contribution in [-0.4, -0.2) is 23.5 Å². The molecule has 1 saturated heterocycles. The van der Waals surface area contributed by atoms with E-state index in [0.717, 1.165) is 12.1 Å². The summed E-state index contributed by atoms with van der Waals surface area (Å²) in [5.41, 5.74) is 0. The molecule has 1 nitrogen and oxygen atoms in total. The Hall–Kier alpha value is -0.0400. The highest BCUT2D eigenvalue weighted by molar-refractivity contribution is 4.79. The molecule has 1 aliphatic heterocycles. The van der Waals surface area contributed by atoms with Gasteiger partial charge in [-0.05, 0) is 39.2 Å². The molecule has 0 N–H and O–H groups in total. The fourth-order valence-electron chi connectivity index (χ4n) is 2.28. The number of rotatable bonds is 3. The van der Waals surface area contributed by atoms with Crippen molar-refractivity contribution in [3.05, 3.63) is 0 Å². The molecule has 0 amide bonds. The van der Waals surface area contributed by atoms with Crippen LogP contribution in [0.2, 0.25) is 0 Å². The molecule has 1 aliphatic rings. The zero-order valence-electron chi connectivity index (χ0n) is 8.84. The van der Waals surface area contributed by atoms with Gasteiger partial charge < -0.3 is 0 Å². The lowest BCUT2D eigenvalue weighted by Gasteiger charge is -2.39. The first kappa shape index (κ1) is 10.0. The van der Waals surface area contributed by atoms with Gasteiger partial charge in [-0.25, -0.2) is 0 Å². The Kier molecular flexibility index (Phi) is 4.07. The van der Waals surface area contributed by atoms with E-state index >= 15 is 0 Å². The second kappa shape index (κ2) is 4.86. The van der Waals surface area contributed by atoms with Crippen LogP contribution >= 0.6 is 0 Å². The lowest BCUT2D eigenvalue weighted by Crippen LogP contribution is -2.44. The van der Waals surface area contributed by atoms with Crippen molar-refractivity contribution in [2.45, 2.75) is 65.0 Å². The topological polar surface area (TPSA) is 3.24 Å². The van der Waals surface area contributed by atoms with E-state index in [1.54, 1.807) is 0 Å². The van der Waals surface area contributed by atoms with Crippen LogP contribution in [0.3, 0.4) is 0 Å². The van der Waals surface area contributed by atoms with Crippen molar-refractivity contribution in [3.8, 4) is 0 Å². The SMILES string of the molecule is CCC(C)N1CCCCC1CC. The van der Waals surface area contributed by atoms with Gasteiger partial charge in [-0.1, -0.05) is 20.3 Å². The summed E-state index contributed by atoms with van der Waals surface area (Å²) < 4.78 is 0. The molecule has 1 rings (SSSR count). The lowest BCUT2D eigenvalue weighted by molar-refractivity contribution is 0.0980. The van der Waals surface area contributed by atoms with Crippen LogP contribution in [0.15, 0.2) is 0 Å². The molecule has 0 aromatic heterocycles. The Bertz CT molecular complexity index is 122. The molecular formula is C11H23N. The molecule has 1 fully saturated rings. The van der Waals surface area contributed by atoms with E-state index in [-0.39, 0.29) is 0 Å². The Balaban J connectivity index is 2.46. The minimum Gasteiger partial charge on any atom is -0.298 e. The Morgan fingerprint density at radius 1 is 1.33 bits per heavy atom. The van der Waals surface area contributed by atoms with Crippen LogP contribution in [0.1, 0.15) is 52.9 Å². The average molecular weight is 169 g/mol. The van der Waals surface area contributed by atoms with Gasteiger partial charge in [0.25, 0.3) is 0 Å². The van der Waals surface area contributed by atoms with Gasteiger partial charge in [-0.2, -0.15) is 0 Å². The molecular weight excluding hydrogens is 146 g/mol. The molecule has 2 unspecified atom stereocenters. The molecule has 12 heavy (non-hydrogen) atoms. The van der Waals surface area contributed by atoms with Crippen molar-refractivity contribution in [1.82, 2.24) is 4.90 Å². The van der Waals surface area contributed by atoms with Gasteiger partial charge in [0, 0.05) is 12.1 Å². The fraction of sp³-hybridized carbons (Fsp3) is 1.00. The minimum atomic E-state index is 0.801. The maximum absolute atomic E-state index is 2.71. The Morgan fingerprint density at radius 2 is 2.08 bits per heavy atom. The summed E-state index contributed by atoms with van der Waals surface area (Å²) in [6, 6.07) is 1.68. The highest BCUT2D eigenvalue weighted by Gasteiger charge is 2.23. The molecule has 0 radical (unpaired) electrons. The zero-order chi connectivity index (χ0) is 8.97. The summed E-state index contributed by atoms with van der Waals surface area (Å²) in [6.45, 7) is 8.33. The molecule has 72 valence electrons. The van der Waals surface area contributed by atoms with Crippen LogP contribution in [0.25, 0.3) is 0 Å². The smallest absolute Gasteiger partial charge is 0.00954 e. The van der Waals surface area contributed by atoms with E-state index in [2.05, 4.69) is 25.7 Å². The zero-order valence-corrected chi connectivity index (χ0v) is 8.84. The van der Waals surface area contributed by atoms with Crippen molar-refractivity contribution in [2.24, 2.45) is 0 Å². The van der Waals surface area contributed by atoms with Gasteiger partial charge in [0.15, 0.2) is 0 Å². The molecule has 0 aromatic rings. The summed E-state index contributed by atoms with van der Waals surface area (Å²) in [5, 5.41) is 0. The Labute approximate surface area is 77.1 Å². The highest BCUT2D eigenvalue weighted by Crippen LogP contribution is 2.22. The number of nitrogens with zero attached hydrogens (tertiary/aromatic N) is 1. The van der Waals surface area contributed by atoms with Gasteiger partial charge in [-0.3, -0.25) is 4.90 Å². The van der Waals surface area contributed by atoms with Gasteiger partial charge in [-0.15, -0.1) is 0 Å². The van der Waals surface area contributed by atoms with Crippen LogP contribution in [-0.2, 0) is 0 Å². The van der Waals surface area contributed by atoms with Crippen molar-refractivity contribution >= 4 is 0 Å². The average Bonchev–Trinajstić information content (AvgIpc) is 2.16. The summed E-state index contributed by atoms with van der Waals surface area (Å²) in [5.74, 6) is 0. The minimum absolute atomic E-state index is 0.801. The third-order valence-corrected chi connectivity index (χ3v) is 3.30. The quantitative estimate of drug-likeness (QED) is 0.627. The molecule has 0 aliphatic carbocycles. The van der Waals surface area contributed by atoms with Gasteiger partial charge in [0.05, 0.1) is 0 Å². The van der Waals surface area contributed by atoms with E-state index in [1.807, 2.05) is 0 Å². The maximum atomic E-state index is 2.71. The third-order valence-electron chi connectivity index (χ3n) is 3.30. The number of likely N-dealkylation sites (tertiary alicyclic amines) is 1. The molecule has 0 saturated carbocycles. The molecule has 1 heteroatoms. The fourth-order valence-corrected chi connectivity index (χ4v) is 2.28. The highest BCUT2D eigenvalue weighted by atomic mass is 15.2. The molecule has 0 aromatic carbocycles. The second-order valence-electron chi connectivity index (χ2n) is 4.05. The van der Waals surface area contributed by atoms with Crippen molar-refractivity contribution in [1.29, 1.82) is 0 Å². The second-order valence-corrected chi connectivity index (χ2v) is 4.05. The van der Waals surface area contributed by atoms with Crippen molar-refractivity contribution in [2.75, 3.05) is 6.54 Å². The predicted molar refractivity (Wildman–Crippen MR) is 54.4 cm³/mol. The number of piperidine rings is 1. The van der Waals surface area contributed by atoms with E-state index in [9.17, 15) is 0 Å². The van der Waals surface area contributed by atoms with E-state index < -0.39 is 0 Å². The molecule has 1 heterocycles. The van der Waals surface area contributed by atoms with Crippen LogP contribution in [0.5, 0.6) is 0 Å². The van der Waals surface area contributed by atoms with Crippen LogP contribution in [0.4, 0.5) is 0 Å². The summed E-state index contributed by atoms with van der Waals surface area (Å²) >= 11 is 0.